The number of rotatable bonds is 3. The number of anilines is 1. The van der Waals surface area contributed by atoms with Gasteiger partial charge in [-0.05, 0) is 19.8 Å². The molecule has 2 atom stereocenters. The summed E-state index contributed by atoms with van der Waals surface area (Å²) in [7, 11) is 0. The number of urea groups is 1. The van der Waals surface area contributed by atoms with Crippen LogP contribution in [0.5, 0.6) is 0 Å². The number of nitrogens with zero attached hydrogens (tertiary/aromatic N) is 2. The first kappa shape index (κ1) is 12.7. The molecule has 0 spiro atoms. The van der Waals surface area contributed by atoms with Crippen LogP contribution in [-0.4, -0.2) is 33.3 Å². The number of amides is 2. The first-order chi connectivity index (χ1) is 8.52. The third kappa shape index (κ3) is 2.42. The quantitative estimate of drug-likeness (QED) is 0.768. The summed E-state index contributed by atoms with van der Waals surface area (Å²) < 4.78 is 0. The molecule has 3 N–H and O–H groups in total. The van der Waals surface area contributed by atoms with Gasteiger partial charge in [-0.25, -0.2) is 4.79 Å². The summed E-state index contributed by atoms with van der Waals surface area (Å²) in [6.45, 7) is 1.66. The molecule has 1 aliphatic rings. The molecule has 0 radical (unpaired) electrons. The van der Waals surface area contributed by atoms with Gasteiger partial charge in [0.05, 0.1) is 5.41 Å². The fourth-order valence-corrected chi connectivity index (χ4v) is 2.61. The number of nitrogens with one attached hydrogen (secondary N) is 2. The number of hydrogen-bond donors (Lipinski definition) is 3. The lowest BCUT2D eigenvalue weighted by molar-refractivity contribution is -0.148. The summed E-state index contributed by atoms with van der Waals surface area (Å²) in [4.78, 5) is 22.9. The normalized spacial score (nSPS) is 26.8. The molecule has 2 rings (SSSR count). The minimum Gasteiger partial charge on any atom is -0.481 e. The fraction of sp³-hybridized carbons (Fsp3) is 0.600. The Morgan fingerprint density at radius 2 is 2.39 bits per heavy atom. The summed E-state index contributed by atoms with van der Waals surface area (Å²) in [5.41, 5.74) is 0.616. The maximum Gasteiger partial charge on any atom is 0.321 e. The summed E-state index contributed by atoms with van der Waals surface area (Å²) in [6, 6.07) is -0.797. The molecule has 8 heteroatoms. The van der Waals surface area contributed by atoms with E-state index < -0.39 is 17.4 Å². The highest BCUT2D eigenvalue weighted by molar-refractivity contribution is 7.13. The molecule has 18 heavy (non-hydrogen) atoms. The van der Waals surface area contributed by atoms with Crippen molar-refractivity contribution < 1.29 is 14.7 Å². The number of carbonyl (C=O) groups excluding carboxylic acids is 1. The van der Waals surface area contributed by atoms with Crippen LogP contribution in [0.3, 0.4) is 0 Å². The van der Waals surface area contributed by atoms with Gasteiger partial charge < -0.3 is 10.4 Å². The second-order valence-corrected chi connectivity index (χ2v) is 5.34. The number of carboxylic acids is 1. The molecule has 1 aliphatic carbocycles. The van der Waals surface area contributed by atoms with Crippen LogP contribution < -0.4 is 10.6 Å². The van der Waals surface area contributed by atoms with Crippen LogP contribution in [0.2, 0.25) is 0 Å². The maximum atomic E-state index is 11.7. The zero-order valence-corrected chi connectivity index (χ0v) is 10.7. The summed E-state index contributed by atoms with van der Waals surface area (Å²) >= 11 is 1.20. The van der Waals surface area contributed by atoms with Crippen LogP contribution in [0.1, 0.15) is 26.2 Å². The predicted octanol–water partition coefficient (Wildman–Crippen LogP) is 1.30. The highest BCUT2D eigenvalue weighted by Gasteiger charge is 2.45. The number of hydrogen-bond acceptors (Lipinski definition) is 5. The second-order valence-electron chi connectivity index (χ2n) is 4.51. The molecule has 1 aromatic heterocycles. The van der Waals surface area contributed by atoms with Gasteiger partial charge in [-0.2, -0.15) is 0 Å². The fourth-order valence-electron chi connectivity index (χ4n) is 2.17. The first-order valence-electron chi connectivity index (χ1n) is 5.59. The first-order valence-corrected chi connectivity index (χ1v) is 6.47. The molecular weight excluding hydrogens is 256 g/mol. The van der Waals surface area contributed by atoms with Gasteiger partial charge in [0.2, 0.25) is 5.13 Å². The standard InChI is InChI=1S/C10H14N4O3S/c1-10(7(15)16)4-2-3-6(10)12-8(17)13-9-14-11-5-18-9/h5-6H,2-4H2,1H3,(H,15,16)(H2,12,13,14,17). The molecule has 2 amide bonds. The minimum atomic E-state index is -0.890. The van der Waals surface area contributed by atoms with Crippen molar-refractivity contribution in [3.63, 3.8) is 0 Å². The molecule has 2 unspecified atom stereocenters. The predicted molar refractivity (Wildman–Crippen MR) is 65.4 cm³/mol. The van der Waals surface area contributed by atoms with Crippen molar-refractivity contribution in [3.8, 4) is 0 Å². The Kier molecular flexibility index (Phi) is 3.46. The summed E-state index contributed by atoms with van der Waals surface area (Å²) in [6.07, 6.45) is 2.05. The molecular formula is C10H14N4O3S. The smallest absolute Gasteiger partial charge is 0.321 e. The molecule has 0 aliphatic heterocycles. The number of aromatic nitrogens is 2. The van der Waals surface area contributed by atoms with E-state index in [0.29, 0.717) is 18.0 Å². The van der Waals surface area contributed by atoms with Crippen molar-refractivity contribution >= 4 is 28.5 Å². The van der Waals surface area contributed by atoms with Gasteiger partial charge in [-0.1, -0.05) is 17.8 Å². The average Bonchev–Trinajstić information content (AvgIpc) is 2.90. The monoisotopic (exact) mass is 270 g/mol. The van der Waals surface area contributed by atoms with Crippen molar-refractivity contribution in [3.05, 3.63) is 5.51 Å². The van der Waals surface area contributed by atoms with Gasteiger partial charge in [0.1, 0.15) is 5.51 Å². The lowest BCUT2D eigenvalue weighted by atomic mass is 9.85. The molecule has 1 aromatic rings. The van der Waals surface area contributed by atoms with E-state index in [-0.39, 0.29) is 6.04 Å². The van der Waals surface area contributed by atoms with Gasteiger partial charge in [-0.3, -0.25) is 10.1 Å². The molecule has 0 saturated heterocycles. The summed E-state index contributed by atoms with van der Waals surface area (Å²) in [5, 5.41) is 22.1. The highest BCUT2D eigenvalue weighted by atomic mass is 32.1. The molecule has 1 saturated carbocycles. The Morgan fingerprint density at radius 1 is 1.61 bits per heavy atom. The zero-order valence-electron chi connectivity index (χ0n) is 9.84. The third-order valence-electron chi connectivity index (χ3n) is 3.33. The van der Waals surface area contributed by atoms with Crippen LogP contribution in [0.4, 0.5) is 9.93 Å². The van der Waals surface area contributed by atoms with Crippen LogP contribution in [0, 0.1) is 5.41 Å². The number of carbonyl (C=O) groups is 2. The van der Waals surface area contributed by atoms with Crippen LogP contribution in [0.15, 0.2) is 5.51 Å². The Hall–Kier alpha value is -1.70. The van der Waals surface area contributed by atoms with Gasteiger partial charge in [0, 0.05) is 6.04 Å². The van der Waals surface area contributed by atoms with Crippen molar-refractivity contribution in [1.29, 1.82) is 0 Å². The molecule has 1 heterocycles. The van der Waals surface area contributed by atoms with E-state index in [1.807, 2.05) is 0 Å². The van der Waals surface area contributed by atoms with E-state index in [1.54, 1.807) is 6.92 Å². The van der Waals surface area contributed by atoms with Gasteiger partial charge >= 0.3 is 12.0 Å². The Balaban J connectivity index is 1.96. The number of carboxylic acid groups (broad SMARTS) is 1. The van der Waals surface area contributed by atoms with Crippen LogP contribution in [0.25, 0.3) is 0 Å². The van der Waals surface area contributed by atoms with E-state index in [1.165, 1.54) is 16.8 Å². The van der Waals surface area contributed by atoms with Crippen molar-refractivity contribution in [2.45, 2.75) is 32.2 Å². The average molecular weight is 270 g/mol. The largest absolute Gasteiger partial charge is 0.481 e. The zero-order chi connectivity index (χ0) is 13.2. The molecule has 0 aromatic carbocycles. The molecule has 0 bridgehead atoms. The van der Waals surface area contributed by atoms with Crippen molar-refractivity contribution in [2.24, 2.45) is 5.41 Å². The van der Waals surface area contributed by atoms with Gasteiger partial charge in [-0.15, -0.1) is 10.2 Å². The van der Waals surface area contributed by atoms with E-state index in [4.69, 9.17) is 0 Å². The topological polar surface area (TPSA) is 104 Å². The molecule has 1 fully saturated rings. The van der Waals surface area contributed by atoms with Crippen molar-refractivity contribution in [1.82, 2.24) is 15.5 Å². The lowest BCUT2D eigenvalue weighted by Crippen LogP contribution is -2.48. The Morgan fingerprint density at radius 3 is 3.00 bits per heavy atom. The minimum absolute atomic E-state index is 0.358. The van der Waals surface area contributed by atoms with Gasteiger partial charge in [0.25, 0.3) is 0 Å². The lowest BCUT2D eigenvalue weighted by Gasteiger charge is -2.27. The Labute approximate surface area is 108 Å². The van der Waals surface area contributed by atoms with Crippen LogP contribution >= 0.6 is 11.3 Å². The second kappa shape index (κ2) is 4.89. The third-order valence-corrected chi connectivity index (χ3v) is 3.94. The maximum absolute atomic E-state index is 11.7. The van der Waals surface area contributed by atoms with E-state index in [2.05, 4.69) is 20.8 Å². The SMILES string of the molecule is CC1(C(=O)O)CCCC1NC(=O)Nc1nncs1. The number of aliphatic carboxylic acids is 1. The highest BCUT2D eigenvalue weighted by Crippen LogP contribution is 2.38. The van der Waals surface area contributed by atoms with E-state index in [0.717, 1.165) is 6.42 Å². The van der Waals surface area contributed by atoms with Crippen LogP contribution in [-0.2, 0) is 4.79 Å². The summed E-state index contributed by atoms with van der Waals surface area (Å²) in [5.74, 6) is -0.874. The van der Waals surface area contributed by atoms with Crippen molar-refractivity contribution in [2.75, 3.05) is 5.32 Å². The van der Waals surface area contributed by atoms with E-state index >= 15 is 0 Å². The van der Waals surface area contributed by atoms with E-state index in [9.17, 15) is 14.7 Å². The Bertz CT molecular complexity index is 450. The molecule has 7 nitrogen and oxygen atoms in total. The molecule has 98 valence electrons. The van der Waals surface area contributed by atoms with Gasteiger partial charge in [0.15, 0.2) is 0 Å².